The average Bonchev–Trinajstić information content (AvgIpc) is 2.46. The molecular weight excluding hydrogens is 288 g/mol. The maximum Gasteiger partial charge on any atom is 0.165 e. The van der Waals surface area contributed by atoms with E-state index in [2.05, 4.69) is 15.3 Å². The first-order valence-electron chi connectivity index (χ1n) is 6.83. The smallest absolute Gasteiger partial charge is 0.165 e. The normalized spacial score (nSPS) is 12.2. The number of hydrogen-bond donors (Lipinski definition) is 3. The molecule has 0 unspecified atom stereocenters. The van der Waals surface area contributed by atoms with Gasteiger partial charge in [0.25, 0.3) is 0 Å². The quantitative estimate of drug-likeness (QED) is 0.791. The first-order valence-corrected chi connectivity index (χ1v) is 7.21. The minimum absolute atomic E-state index is 0.0725. The summed E-state index contributed by atoms with van der Waals surface area (Å²) in [6, 6.07) is 6.71. The van der Waals surface area contributed by atoms with Crippen molar-refractivity contribution in [3.8, 4) is 17.1 Å². The first-order chi connectivity index (χ1) is 9.99. The zero-order valence-electron chi connectivity index (χ0n) is 12.1. The van der Waals surface area contributed by atoms with Crippen LogP contribution >= 0.6 is 11.6 Å². The molecule has 1 aromatic carbocycles. The summed E-state index contributed by atoms with van der Waals surface area (Å²) >= 11 is 5.97. The van der Waals surface area contributed by atoms with Crippen LogP contribution < -0.4 is 11.1 Å². The molecule has 2 aromatic rings. The van der Waals surface area contributed by atoms with E-state index in [4.69, 9.17) is 17.3 Å². The van der Waals surface area contributed by atoms with E-state index >= 15 is 0 Å². The van der Waals surface area contributed by atoms with E-state index in [1.807, 2.05) is 19.9 Å². The summed E-state index contributed by atoms with van der Waals surface area (Å²) < 4.78 is 0. The number of aromatic hydroxyl groups is 1. The largest absolute Gasteiger partial charge is 0.507 e. The number of hydrogen-bond acceptors (Lipinski definition) is 5. The number of halogens is 1. The van der Waals surface area contributed by atoms with Gasteiger partial charge in [0.15, 0.2) is 5.82 Å². The predicted octanol–water partition coefficient (Wildman–Crippen LogP) is 2.96. The molecule has 112 valence electrons. The lowest BCUT2D eigenvalue weighted by Crippen LogP contribution is -2.28. The molecule has 0 amide bonds. The molecule has 2 rings (SSSR count). The number of nitrogens with two attached hydrogens (primary N) is 1. The molecule has 0 fully saturated rings. The zero-order valence-corrected chi connectivity index (χ0v) is 12.9. The fourth-order valence-electron chi connectivity index (χ4n) is 1.85. The SMILES string of the molecule is CC[C@@H](N)CNc1cc(C)nc(-c2cc(Cl)ccc2O)n1. The molecule has 0 spiro atoms. The van der Waals surface area contributed by atoms with E-state index in [0.717, 1.165) is 12.1 Å². The number of benzene rings is 1. The van der Waals surface area contributed by atoms with Crippen LogP contribution in [0.15, 0.2) is 24.3 Å². The van der Waals surface area contributed by atoms with Gasteiger partial charge in [-0.15, -0.1) is 0 Å². The molecule has 6 heteroatoms. The van der Waals surface area contributed by atoms with E-state index in [1.165, 1.54) is 6.07 Å². The van der Waals surface area contributed by atoms with E-state index in [-0.39, 0.29) is 11.8 Å². The number of nitrogens with zero attached hydrogens (tertiary/aromatic N) is 2. The summed E-state index contributed by atoms with van der Waals surface area (Å²) in [5.41, 5.74) is 7.20. The number of phenolic OH excluding ortho intramolecular Hbond substituents is 1. The van der Waals surface area contributed by atoms with Crippen LogP contribution in [-0.4, -0.2) is 27.7 Å². The molecule has 1 aromatic heterocycles. The Morgan fingerprint density at radius 2 is 2.10 bits per heavy atom. The van der Waals surface area contributed by atoms with Gasteiger partial charge in [-0.25, -0.2) is 9.97 Å². The van der Waals surface area contributed by atoms with E-state index in [9.17, 15) is 5.11 Å². The van der Waals surface area contributed by atoms with Gasteiger partial charge in [0.2, 0.25) is 0 Å². The molecule has 0 aliphatic heterocycles. The van der Waals surface area contributed by atoms with Crippen LogP contribution in [0.25, 0.3) is 11.4 Å². The fraction of sp³-hybridized carbons (Fsp3) is 0.333. The Kier molecular flexibility index (Phi) is 4.98. The molecule has 4 N–H and O–H groups in total. The van der Waals surface area contributed by atoms with Crippen LogP contribution in [0.2, 0.25) is 5.02 Å². The van der Waals surface area contributed by atoms with E-state index in [1.54, 1.807) is 12.1 Å². The molecule has 1 heterocycles. The Balaban J connectivity index is 2.32. The van der Waals surface area contributed by atoms with Crippen molar-refractivity contribution in [1.29, 1.82) is 0 Å². The first kappa shape index (κ1) is 15.5. The fourth-order valence-corrected chi connectivity index (χ4v) is 2.02. The van der Waals surface area contributed by atoms with Crippen LogP contribution in [-0.2, 0) is 0 Å². The summed E-state index contributed by atoms with van der Waals surface area (Å²) in [5, 5.41) is 13.7. The maximum atomic E-state index is 9.95. The average molecular weight is 307 g/mol. The van der Waals surface area contributed by atoms with Crippen molar-refractivity contribution in [1.82, 2.24) is 9.97 Å². The lowest BCUT2D eigenvalue weighted by molar-refractivity contribution is 0.477. The number of nitrogens with one attached hydrogen (secondary N) is 1. The molecule has 1 atom stereocenters. The maximum absolute atomic E-state index is 9.95. The standard InChI is InChI=1S/C15H19ClN4O/c1-3-11(17)8-18-14-6-9(2)19-15(20-14)12-7-10(16)4-5-13(12)21/h4-7,11,21H,3,8,17H2,1-2H3,(H,18,19,20)/t11-/m1/s1. The summed E-state index contributed by atoms with van der Waals surface area (Å²) in [4.78, 5) is 8.77. The molecular formula is C15H19ClN4O. The highest BCUT2D eigenvalue weighted by Gasteiger charge is 2.11. The van der Waals surface area contributed by atoms with Crippen LogP contribution in [0.3, 0.4) is 0 Å². The second-order valence-electron chi connectivity index (χ2n) is 4.93. The van der Waals surface area contributed by atoms with Crippen molar-refractivity contribution < 1.29 is 5.11 Å². The third-order valence-electron chi connectivity index (χ3n) is 3.12. The molecule has 0 aliphatic rings. The Morgan fingerprint density at radius 3 is 2.81 bits per heavy atom. The summed E-state index contributed by atoms with van der Waals surface area (Å²) in [6.07, 6.45) is 0.888. The van der Waals surface area contributed by atoms with Gasteiger partial charge in [-0.3, -0.25) is 0 Å². The Morgan fingerprint density at radius 1 is 1.33 bits per heavy atom. The highest BCUT2D eigenvalue weighted by atomic mass is 35.5. The number of aryl methyl sites for hydroxylation is 1. The van der Waals surface area contributed by atoms with Gasteiger partial charge in [0, 0.05) is 29.4 Å². The zero-order chi connectivity index (χ0) is 15.4. The van der Waals surface area contributed by atoms with Crippen LogP contribution in [0, 0.1) is 6.92 Å². The third-order valence-corrected chi connectivity index (χ3v) is 3.36. The van der Waals surface area contributed by atoms with Crippen molar-refractivity contribution in [2.24, 2.45) is 5.73 Å². The molecule has 0 saturated carbocycles. The van der Waals surface area contributed by atoms with Crippen molar-refractivity contribution >= 4 is 17.4 Å². The Bertz CT molecular complexity index is 633. The minimum atomic E-state index is 0.0725. The van der Waals surface area contributed by atoms with Gasteiger partial charge in [0.1, 0.15) is 11.6 Å². The number of anilines is 1. The summed E-state index contributed by atoms with van der Waals surface area (Å²) in [7, 11) is 0. The van der Waals surface area contributed by atoms with Crippen molar-refractivity contribution in [3.63, 3.8) is 0 Å². The van der Waals surface area contributed by atoms with E-state index in [0.29, 0.717) is 28.8 Å². The molecule has 0 aliphatic carbocycles. The topological polar surface area (TPSA) is 84.1 Å². The number of aromatic nitrogens is 2. The molecule has 0 radical (unpaired) electrons. The highest BCUT2D eigenvalue weighted by Crippen LogP contribution is 2.30. The Labute approximate surface area is 129 Å². The lowest BCUT2D eigenvalue weighted by atomic mass is 10.2. The molecule has 21 heavy (non-hydrogen) atoms. The van der Waals surface area contributed by atoms with Crippen LogP contribution in [0.1, 0.15) is 19.0 Å². The van der Waals surface area contributed by atoms with Gasteiger partial charge in [-0.2, -0.15) is 0 Å². The van der Waals surface area contributed by atoms with Crippen LogP contribution in [0.5, 0.6) is 5.75 Å². The van der Waals surface area contributed by atoms with E-state index < -0.39 is 0 Å². The predicted molar refractivity (Wildman–Crippen MR) is 85.6 cm³/mol. The second-order valence-corrected chi connectivity index (χ2v) is 5.37. The minimum Gasteiger partial charge on any atom is -0.507 e. The highest BCUT2D eigenvalue weighted by molar-refractivity contribution is 6.30. The molecule has 0 saturated heterocycles. The number of phenols is 1. The van der Waals surface area contributed by atoms with Gasteiger partial charge >= 0.3 is 0 Å². The summed E-state index contributed by atoms with van der Waals surface area (Å²) in [6.45, 7) is 4.54. The third kappa shape index (κ3) is 4.06. The molecule has 0 bridgehead atoms. The van der Waals surface area contributed by atoms with Crippen molar-refractivity contribution in [3.05, 3.63) is 35.0 Å². The van der Waals surface area contributed by atoms with Crippen LogP contribution in [0.4, 0.5) is 5.82 Å². The Hall–Kier alpha value is -1.85. The second kappa shape index (κ2) is 6.74. The molecule has 5 nitrogen and oxygen atoms in total. The number of rotatable bonds is 5. The lowest BCUT2D eigenvalue weighted by Gasteiger charge is -2.12. The monoisotopic (exact) mass is 306 g/mol. The van der Waals surface area contributed by atoms with Gasteiger partial charge in [-0.1, -0.05) is 18.5 Å². The van der Waals surface area contributed by atoms with Crippen molar-refractivity contribution in [2.45, 2.75) is 26.3 Å². The summed E-state index contributed by atoms with van der Waals surface area (Å²) in [5.74, 6) is 1.21. The van der Waals surface area contributed by atoms with Gasteiger partial charge < -0.3 is 16.2 Å². The van der Waals surface area contributed by atoms with Crippen molar-refractivity contribution in [2.75, 3.05) is 11.9 Å². The van der Waals surface area contributed by atoms with Gasteiger partial charge in [-0.05, 0) is 31.5 Å². The van der Waals surface area contributed by atoms with Gasteiger partial charge in [0.05, 0.1) is 5.56 Å².